The van der Waals surface area contributed by atoms with E-state index in [1.54, 1.807) is 0 Å². The minimum atomic E-state index is -1.16. The summed E-state index contributed by atoms with van der Waals surface area (Å²) in [6.45, 7) is 4.14. The maximum absolute atomic E-state index is 12.3. The summed E-state index contributed by atoms with van der Waals surface area (Å²) >= 11 is 0. The first kappa shape index (κ1) is 46.8. The molecule has 0 aromatic carbocycles. The van der Waals surface area contributed by atoms with Gasteiger partial charge in [-0.25, -0.2) is 0 Å². The minimum Gasteiger partial charge on any atom is -0.394 e. The van der Waals surface area contributed by atoms with Crippen LogP contribution in [0.15, 0.2) is 24.3 Å². The van der Waals surface area contributed by atoms with Crippen molar-refractivity contribution in [1.82, 2.24) is 5.32 Å². The van der Waals surface area contributed by atoms with E-state index in [0.717, 1.165) is 32.1 Å². The predicted molar refractivity (Wildman–Crippen MR) is 208 cm³/mol. The minimum absolute atomic E-state index is 0.211. The van der Waals surface area contributed by atoms with Gasteiger partial charge >= 0.3 is 0 Å². The standard InChI is InChI=1S/C43H83NO4/c1-3-5-7-9-11-13-15-17-18-19-20-21-22-23-24-26-27-29-31-33-35-37-41(46)43(48)40(39-45)44-42(47)38-36-34-32-30-28-25-16-14-12-10-8-6-4-2/h25,28,32,34,40-41,43,45-46,48H,3-24,26-27,29-31,33,35-39H2,1-2H3,(H,44,47)/b28-25-,34-32-. The molecular formula is C43H83NO4. The zero-order valence-corrected chi connectivity index (χ0v) is 32.1. The number of aliphatic hydroxyl groups excluding tert-OH is 3. The molecule has 0 spiro atoms. The Hall–Kier alpha value is -1.17. The number of amides is 1. The maximum Gasteiger partial charge on any atom is 0.220 e. The summed E-state index contributed by atoms with van der Waals surface area (Å²) in [4.78, 5) is 12.3. The maximum atomic E-state index is 12.3. The molecule has 5 nitrogen and oxygen atoms in total. The topological polar surface area (TPSA) is 89.8 Å². The molecule has 0 aliphatic carbocycles. The second kappa shape index (κ2) is 38.6. The average molecular weight is 678 g/mol. The first-order valence-electron chi connectivity index (χ1n) is 21.1. The molecule has 0 fully saturated rings. The molecule has 0 saturated carbocycles. The van der Waals surface area contributed by atoms with E-state index in [-0.39, 0.29) is 12.5 Å². The van der Waals surface area contributed by atoms with Crippen LogP contribution in [0, 0.1) is 0 Å². The van der Waals surface area contributed by atoms with Gasteiger partial charge in [-0.15, -0.1) is 0 Å². The molecule has 1 amide bonds. The van der Waals surface area contributed by atoms with E-state index in [1.807, 2.05) is 6.08 Å². The summed E-state index contributed by atoms with van der Waals surface area (Å²) in [5, 5.41) is 33.4. The Morgan fingerprint density at radius 2 is 0.896 bits per heavy atom. The first-order valence-corrected chi connectivity index (χ1v) is 21.1. The fraction of sp³-hybridized carbons (Fsp3) is 0.884. The molecule has 4 N–H and O–H groups in total. The lowest BCUT2D eigenvalue weighted by Crippen LogP contribution is -2.50. The highest BCUT2D eigenvalue weighted by molar-refractivity contribution is 5.76. The number of nitrogens with one attached hydrogen (secondary N) is 1. The van der Waals surface area contributed by atoms with Gasteiger partial charge in [0.1, 0.15) is 6.10 Å². The number of hydrogen-bond acceptors (Lipinski definition) is 4. The SMILES string of the molecule is CCCCCCCC/C=C\C/C=C\CCC(=O)NC(CO)C(O)C(O)CCCCCCCCCCCCCCCCCCCCCCC. The van der Waals surface area contributed by atoms with Gasteiger partial charge in [-0.2, -0.15) is 0 Å². The van der Waals surface area contributed by atoms with Crippen LogP contribution in [-0.2, 0) is 4.79 Å². The fourth-order valence-electron chi connectivity index (χ4n) is 6.51. The number of hydrogen-bond donors (Lipinski definition) is 4. The van der Waals surface area contributed by atoms with Crippen LogP contribution in [0.1, 0.15) is 219 Å². The van der Waals surface area contributed by atoms with Crippen molar-refractivity contribution in [3.63, 3.8) is 0 Å². The Balaban J connectivity index is 3.65. The van der Waals surface area contributed by atoms with Crippen molar-refractivity contribution in [3.8, 4) is 0 Å². The van der Waals surface area contributed by atoms with Gasteiger partial charge in [-0.1, -0.05) is 205 Å². The van der Waals surface area contributed by atoms with Crippen LogP contribution in [0.25, 0.3) is 0 Å². The molecule has 3 unspecified atom stereocenters. The van der Waals surface area contributed by atoms with Crippen LogP contribution in [0.3, 0.4) is 0 Å². The number of unbranched alkanes of at least 4 members (excludes halogenated alkanes) is 26. The quantitative estimate of drug-likeness (QED) is 0.0387. The molecule has 0 aliphatic rings. The van der Waals surface area contributed by atoms with E-state index < -0.39 is 18.2 Å². The molecule has 0 aromatic rings. The molecule has 5 heteroatoms. The van der Waals surface area contributed by atoms with Crippen molar-refractivity contribution in [2.45, 2.75) is 238 Å². The van der Waals surface area contributed by atoms with Crippen molar-refractivity contribution >= 4 is 5.91 Å². The van der Waals surface area contributed by atoms with Gasteiger partial charge in [0.25, 0.3) is 0 Å². The van der Waals surface area contributed by atoms with E-state index in [0.29, 0.717) is 19.3 Å². The third-order valence-electron chi connectivity index (χ3n) is 9.82. The van der Waals surface area contributed by atoms with Crippen LogP contribution in [0.5, 0.6) is 0 Å². The van der Waals surface area contributed by atoms with E-state index >= 15 is 0 Å². The Kier molecular flexibility index (Phi) is 37.7. The molecular weight excluding hydrogens is 594 g/mol. The number of aliphatic hydroxyl groups is 3. The summed E-state index contributed by atoms with van der Waals surface area (Å²) in [5.41, 5.74) is 0. The zero-order valence-electron chi connectivity index (χ0n) is 32.1. The lowest BCUT2D eigenvalue weighted by molar-refractivity contribution is -0.124. The highest BCUT2D eigenvalue weighted by Gasteiger charge is 2.26. The van der Waals surface area contributed by atoms with Gasteiger partial charge in [0, 0.05) is 6.42 Å². The van der Waals surface area contributed by atoms with Crippen LogP contribution >= 0.6 is 0 Å². The van der Waals surface area contributed by atoms with Crippen molar-refractivity contribution < 1.29 is 20.1 Å². The number of allylic oxidation sites excluding steroid dienone is 4. The van der Waals surface area contributed by atoms with E-state index in [4.69, 9.17) is 0 Å². The molecule has 0 heterocycles. The number of carbonyl (C=O) groups is 1. The molecule has 0 aliphatic heterocycles. The Bertz CT molecular complexity index is 709. The molecule has 0 aromatic heterocycles. The highest BCUT2D eigenvalue weighted by Crippen LogP contribution is 2.16. The fourth-order valence-corrected chi connectivity index (χ4v) is 6.51. The first-order chi connectivity index (χ1) is 23.6. The van der Waals surface area contributed by atoms with E-state index in [2.05, 4.69) is 37.4 Å². The third-order valence-corrected chi connectivity index (χ3v) is 9.82. The van der Waals surface area contributed by atoms with Crippen LogP contribution in [0.4, 0.5) is 0 Å². The second-order valence-electron chi connectivity index (χ2n) is 14.5. The smallest absolute Gasteiger partial charge is 0.220 e. The highest BCUT2D eigenvalue weighted by atomic mass is 16.3. The lowest BCUT2D eigenvalue weighted by atomic mass is 9.99. The molecule has 0 radical (unpaired) electrons. The molecule has 0 rings (SSSR count). The largest absolute Gasteiger partial charge is 0.394 e. The Morgan fingerprint density at radius 3 is 1.31 bits per heavy atom. The van der Waals surface area contributed by atoms with Crippen LogP contribution in [0.2, 0.25) is 0 Å². The second-order valence-corrected chi connectivity index (χ2v) is 14.5. The van der Waals surface area contributed by atoms with Gasteiger partial charge in [-0.3, -0.25) is 4.79 Å². The van der Waals surface area contributed by atoms with Gasteiger partial charge in [0.2, 0.25) is 5.91 Å². The summed E-state index contributed by atoms with van der Waals surface area (Å²) in [5.74, 6) is -0.211. The lowest BCUT2D eigenvalue weighted by Gasteiger charge is -2.26. The molecule has 3 atom stereocenters. The zero-order chi connectivity index (χ0) is 35.2. The predicted octanol–water partition coefficient (Wildman–Crippen LogP) is 11.8. The number of rotatable bonds is 38. The van der Waals surface area contributed by atoms with Gasteiger partial charge in [0.05, 0.1) is 18.8 Å². The van der Waals surface area contributed by atoms with Gasteiger partial charge in [-0.05, 0) is 32.1 Å². The van der Waals surface area contributed by atoms with Crippen molar-refractivity contribution in [2.24, 2.45) is 0 Å². The van der Waals surface area contributed by atoms with Crippen molar-refractivity contribution in [3.05, 3.63) is 24.3 Å². The number of carbonyl (C=O) groups excluding carboxylic acids is 1. The monoisotopic (exact) mass is 678 g/mol. The van der Waals surface area contributed by atoms with Crippen LogP contribution in [-0.4, -0.2) is 46.1 Å². The molecule has 48 heavy (non-hydrogen) atoms. The summed E-state index contributed by atoms with van der Waals surface area (Å²) < 4.78 is 0. The summed E-state index contributed by atoms with van der Waals surface area (Å²) in [7, 11) is 0. The molecule has 0 saturated heterocycles. The summed E-state index contributed by atoms with van der Waals surface area (Å²) in [6.07, 6.45) is 45.8. The van der Waals surface area contributed by atoms with Gasteiger partial charge < -0.3 is 20.6 Å². The van der Waals surface area contributed by atoms with Crippen LogP contribution < -0.4 is 5.32 Å². The van der Waals surface area contributed by atoms with E-state index in [9.17, 15) is 20.1 Å². The average Bonchev–Trinajstić information content (AvgIpc) is 3.09. The summed E-state index contributed by atoms with van der Waals surface area (Å²) in [6, 6.07) is -0.837. The van der Waals surface area contributed by atoms with E-state index in [1.165, 1.54) is 154 Å². The Morgan fingerprint density at radius 1 is 0.521 bits per heavy atom. The molecule has 0 bridgehead atoms. The van der Waals surface area contributed by atoms with Crippen molar-refractivity contribution in [2.75, 3.05) is 6.61 Å². The molecule has 284 valence electrons. The Labute approximate surface area is 299 Å². The van der Waals surface area contributed by atoms with Crippen molar-refractivity contribution in [1.29, 1.82) is 0 Å². The van der Waals surface area contributed by atoms with Gasteiger partial charge in [0.15, 0.2) is 0 Å². The third kappa shape index (κ3) is 33.3. The normalized spacial score (nSPS) is 13.9.